The number of nitriles is 3. The van der Waals surface area contributed by atoms with Gasteiger partial charge >= 0.3 is 5.97 Å². The van der Waals surface area contributed by atoms with Crippen molar-refractivity contribution >= 4 is 17.7 Å². The van der Waals surface area contributed by atoms with Gasteiger partial charge in [-0.05, 0) is 31.5 Å². The Hall–Kier alpha value is -4.28. The van der Waals surface area contributed by atoms with E-state index in [2.05, 4.69) is 12.6 Å². The number of hydrogen-bond acceptors (Lipinski definition) is 7. The zero-order valence-corrected chi connectivity index (χ0v) is 17.7. The highest BCUT2D eigenvalue weighted by Crippen LogP contribution is 2.40. The summed E-state index contributed by atoms with van der Waals surface area (Å²) in [6, 6.07) is 13.3. The summed E-state index contributed by atoms with van der Waals surface area (Å²) in [6.07, 6.45) is 4.74. The molecule has 1 aliphatic rings. The van der Waals surface area contributed by atoms with Gasteiger partial charge in [-0.1, -0.05) is 30.9 Å². The Morgan fingerprint density at radius 2 is 1.84 bits per heavy atom. The van der Waals surface area contributed by atoms with Crippen LogP contribution in [-0.2, 0) is 14.3 Å². The Balaban J connectivity index is 2.20. The number of anilines is 1. The average molecular weight is 414 g/mol. The molecule has 0 amide bonds. The highest BCUT2D eigenvalue weighted by molar-refractivity contribution is 5.81. The summed E-state index contributed by atoms with van der Waals surface area (Å²) in [6.45, 7) is 7.71. The number of likely N-dealkylation sites (N-methyl/N-ethyl adjacent to an activating group) is 1. The summed E-state index contributed by atoms with van der Waals surface area (Å²) in [5, 5.41) is 27.8. The van der Waals surface area contributed by atoms with Crippen molar-refractivity contribution in [3.8, 4) is 18.2 Å². The third kappa shape index (κ3) is 5.41. The van der Waals surface area contributed by atoms with Gasteiger partial charge in [0.2, 0.25) is 0 Å². The Kier molecular flexibility index (Phi) is 7.39. The highest BCUT2D eigenvalue weighted by atomic mass is 16.5. The lowest BCUT2D eigenvalue weighted by Gasteiger charge is -2.20. The second-order valence-corrected chi connectivity index (χ2v) is 7.16. The number of carbonyl (C=O) groups is 1. The number of allylic oxidation sites excluding steroid dienone is 2. The maximum atomic E-state index is 11.1. The lowest BCUT2D eigenvalue weighted by Crippen LogP contribution is -2.23. The number of benzene rings is 1. The summed E-state index contributed by atoms with van der Waals surface area (Å²) >= 11 is 0. The molecular formula is C24H22N4O3. The van der Waals surface area contributed by atoms with Crippen molar-refractivity contribution in [3.63, 3.8) is 0 Å². The van der Waals surface area contributed by atoms with Crippen LogP contribution in [0.15, 0.2) is 65.5 Å². The van der Waals surface area contributed by atoms with Gasteiger partial charge < -0.3 is 14.4 Å². The van der Waals surface area contributed by atoms with Crippen molar-refractivity contribution < 1.29 is 14.3 Å². The summed E-state index contributed by atoms with van der Waals surface area (Å²) in [5.74, 6) is -0.431. The molecule has 31 heavy (non-hydrogen) atoms. The molecule has 0 saturated heterocycles. The molecule has 1 aliphatic heterocycles. The smallest absolute Gasteiger partial charge is 0.330 e. The van der Waals surface area contributed by atoms with Gasteiger partial charge in [-0.25, -0.2) is 4.79 Å². The minimum atomic E-state index is -0.848. The van der Waals surface area contributed by atoms with Crippen molar-refractivity contribution in [2.75, 3.05) is 25.1 Å². The molecule has 2 rings (SSSR count). The van der Waals surface area contributed by atoms with E-state index in [4.69, 9.17) is 20.0 Å². The van der Waals surface area contributed by atoms with Crippen molar-refractivity contribution in [1.29, 1.82) is 15.8 Å². The van der Waals surface area contributed by atoms with E-state index in [9.17, 15) is 10.1 Å². The molecule has 7 nitrogen and oxygen atoms in total. The van der Waals surface area contributed by atoms with Crippen LogP contribution < -0.4 is 4.90 Å². The van der Waals surface area contributed by atoms with Gasteiger partial charge in [0.05, 0.1) is 6.54 Å². The van der Waals surface area contributed by atoms with Crippen LogP contribution in [0.2, 0.25) is 0 Å². The van der Waals surface area contributed by atoms with Gasteiger partial charge in [0, 0.05) is 24.4 Å². The fourth-order valence-corrected chi connectivity index (χ4v) is 2.97. The van der Waals surface area contributed by atoms with Crippen LogP contribution in [-0.4, -0.2) is 31.8 Å². The van der Waals surface area contributed by atoms with E-state index in [0.717, 1.165) is 17.3 Å². The first-order valence-corrected chi connectivity index (χ1v) is 9.44. The molecule has 0 aromatic heterocycles. The zero-order chi connectivity index (χ0) is 23.0. The van der Waals surface area contributed by atoms with E-state index < -0.39 is 11.6 Å². The largest absolute Gasteiger partial charge is 0.480 e. The lowest BCUT2D eigenvalue weighted by atomic mass is 9.94. The number of ether oxygens (including phenoxy) is 2. The topological polar surface area (TPSA) is 110 Å². The van der Waals surface area contributed by atoms with Crippen LogP contribution in [0.4, 0.5) is 5.69 Å². The molecule has 1 heterocycles. The SMILES string of the molecule is C=CC(=O)OCCN(C)c1ccc(/C=C/C2=C(C#N)C(=C(C#N)C#N)OC2(C)C)cc1. The summed E-state index contributed by atoms with van der Waals surface area (Å²) in [7, 11) is 1.89. The molecule has 1 aromatic rings. The van der Waals surface area contributed by atoms with E-state index in [0.29, 0.717) is 12.1 Å². The first-order chi connectivity index (χ1) is 14.8. The predicted molar refractivity (Wildman–Crippen MR) is 116 cm³/mol. The molecule has 0 radical (unpaired) electrons. The normalized spacial score (nSPS) is 14.3. The number of esters is 1. The van der Waals surface area contributed by atoms with Crippen LogP contribution >= 0.6 is 0 Å². The molecule has 0 bridgehead atoms. The Morgan fingerprint density at radius 3 is 2.39 bits per heavy atom. The number of nitrogens with zero attached hydrogens (tertiary/aromatic N) is 4. The fourth-order valence-electron chi connectivity index (χ4n) is 2.97. The first-order valence-electron chi connectivity index (χ1n) is 9.44. The van der Waals surface area contributed by atoms with Crippen LogP contribution in [0.5, 0.6) is 0 Å². The fraction of sp³-hybridized carbons (Fsp3) is 0.250. The van der Waals surface area contributed by atoms with Crippen LogP contribution in [0.25, 0.3) is 6.08 Å². The molecule has 0 saturated carbocycles. The molecule has 0 fully saturated rings. The quantitative estimate of drug-likeness (QED) is 0.379. The third-order valence-electron chi connectivity index (χ3n) is 4.68. The third-order valence-corrected chi connectivity index (χ3v) is 4.68. The number of carbonyl (C=O) groups excluding carboxylic acids is 1. The molecule has 0 aliphatic carbocycles. The standard InChI is InChI=1S/C24H22N4O3/c1-5-22(29)30-13-12-28(4)19-9-6-17(7-10-19)8-11-21-20(16-27)23(18(14-25)15-26)31-24(21,2)3/h5-11H,1,12-13H2,2-4H3/b11-8+. The molecule has 7 heteroatoms. The van der Waals surface area contributed by atoms with Gasteiger partial charge in [0.1, 0.15) is 36.0 Å². The van der Waals surface area contributed by atoms with Crippen molar-refractivity contribution in [2.45, 2.75) is 19.4 Å². The first kappa shape index (κ1) is 23.0. The monoisotopic (exact) mass is 414 g/mol. The van der Waals surface area contributed by atoms with E-state index in [-0.39, 0.29) is 23.5 Å². The summed E-state index contributed by atoms with van der Waals surface area (Å²) in [4.78, 5) is 13.1. The minimum Gasteiger partial charge on any atom is -0.480 e. The van der Waals surface area contributed by atoms with E-state index in [1.54, 1.807) is 32.1 Å². The Morgan fingerprint density at radius 1 is 1.19 bits per heavy atom. The minimum absolute atomic E-state index is 0.0197. The predicted octanol–water partition coefficient (Wildman–Crippen LogP) is 3.80. The number of hydrogen-bond donors (Lipinski definition) is 0. The van der Waals surface area contributed by atoms with Crippen LogP contribution in [0.3, 0.4) is 0 Å². The maximum absolute atomic E-state index is 11.1. The van der Waals surface area contributed by atoms with Gasteiger partial charge in [0.25, 0.3) is 0 Å². The lowest BCUT2D eigenvalue weighted by molar-refractivity contribution is -0.137. The van der Waals surface area contributed by atoms with Crippen molar-refractivity contribution in [3.05, 3.63) is 71.0 Å². The Labute approximate surface area is 182 Å². The van der Waals surface area contributed by atoms with Crippen LogP contribution in [0.1, 0.15) is 19.4 Å². The van der Waals surface area contributed by atoms with Gasteiger partial charge in [-0.3, -0.25) is 0 Å². The molecule has 1 aromatic carbocycles. The van der Waals surface area contributed by atoms with Crippen LogP contribution in [0, 0.1) is 34.0 Å². The second-order valence-electron chi connectivity index (χ2n) is 7.16. The van der Waals surface area contributed by atoms with Gasteiger partial charge in [-0.2, -0.15) is 15.8 Å². The highest BCUT2D eigenvalue weighted by Gasteiger charge is 2.38. The van der Waals surface area contributed by atoms with Gasteiger partial charge in [0.15, 0.2) is 11.3 Å². The average Bonchev–Trinajstić information content (AvgIpc) is 3.02. The summed E-state index contributed by atoms with van der Waals surface area (Å²) in [5.41, 5.74) is 1.56. The number of rotatable bonds is 7. The van der Waals surface area contributed by atoms with Crippen molar-refractivity contribution in [2.24, 2.45) is 0 Å². The second kappa shape index (κ2) is 9.96. The van der Waals surface area contributed by atoms with E-state index in [1.807, 2.05) is 42.3 Å². The maximum Gasteiger partial charge on any atom is 0.330 e. The molecule has 0 spiro atoms. The van der Waals surface area contributed by atoms with Gasteiger partial charge in [-0.15, -0.1) is 0 Å². The van der Waals surface area contributed by atoms with E-state index in [1.165, 1.54) is 0 Å². The van der Waals surface area contributed by atoms with E-state index >= 15 is 0 Å². The molecule has 0 unspecified atom stereocenters. The molecule has 156 valence electrons. The Bertz CT molecular complexity index is 1070. The van der Waals surface area contributed by atoms with Crippen molar-refractivity contribution in [1.82, 2.24) is 0 Å². The molecular weight excluding hydrogens is 392 g/mol. The molecule has 0 atom stereocenters. The summed E-state index contributed by atoms with van der Waals surface area (Å²) < 4.78 is 10.7. The molecule has 0 N–H and O–H groups in total. The zero-order valence-electron chi connectivity index (χ0n) is 17.7.